The third-order valence-corrected chi connectivity index (χ3v) is 2.36. The third-order valence-electron chi connectivity index (χ3n) is 2.36. The number of hydrogen-bond donors (Lipinski definition) is 1. The van der Waals surface area contributed by atoms with Gasteiger partial charge in [-0.3, -0.25) is 0 Å². The Morgan fingerprint density at radius 3 is 2.22 bits per heavy atom. The number of benzene rings is 2. The minimum absolute atomic E-state index is 0.613. The molecule has 2 aromatic carbocycles. The first-order valence-electron chi connectivity index (χ1n) is 5.83. The Labute approximate surface area is 107 Å². The average Bonchev–Trinajstić information content (AvgIpc) is 2.31. The lowest BCUT2D eigenvalue weighted by molar-refractivity contribution is -0.000322. The molecular formula is C15H16O3. The van der Waals surface area contributed by atoms with E-state index in [1.807, 2.05) is 31.2 Å². The molecule has 0 amide bonds. The highest BCUT2D eigenvalue weighted by Gasteiger charge is 2.00. The zero-order valence-electron chi connectivity index (χ0n) is 10.5. The van der Waals surface area contributed by atoms with Gasteiger partial charge in [0.05, 0.1) is 0 Å². The van der Waals surface area contributed by atoms with Crippen molar-refractivity contribution in [2.45, 2.75) is 20.1 Å². The van der Waals surface area contributed by atoms with Crippen LogP contribution in [0.2, 0.25) is 0 Å². The van der Waals surface area contributed by atoms with Crippen molar-refractivity contribution in [2.24, 2.45) is 0 Å². The summed E-state index contributed by atoms with van der Waals surface area (Å²) in [7, 11) is 0. The Morgan fingerprint density at radius 2 is 1.61 bits per heavy atom. The summed E-state index contributed by atoms with van der Waals surface area (Å²) in [5.74, 6) is 2.15. The highest BCUT2D eigenvalue weighted by atomic mass is 16.6. The van der Waals surface area contributed by atoms with Gasteiger partial charge < -0.3 is 14.6 Å². The molecule has 18 heavy (non-hydrogen) atoms. The normalized spacial score (nSPS) is 11.9. The summed E-state index contributed by atoms with van der Waals surface area (Å²) in [6.07, 6.45) is -0.812. The van der Waals surface area contributed by atoms with Crippen molar-refractivity contribution < 1.29 is 14.6 Å². The molecule has 0 aliphatic rings. The monoisotopic (exact) mass is 244 g/mol. The first-order valence-corrected chi connectivity index (χ1v) is 5.83. The minimum Gasteiger partial charge on any atom is -0.465 e. The van der Waals surface area contributed by atoms with Crippen molar-refractivity contribution in [1.29, 1.82) is 0 Å². The topological polar surface area (TPSA) is 38.7 Å². The predicted molar refractivity (Wildman–Crippen MR) is 70.0 cm³/mol. The smallest absolute Gasteiger partial charge is 0.194 e. The molecule has 0 fully saturated rings. The van der Waals surface area contributed by atoms with Crippen LogP contribution in [-0.2, 0) is 0 Å². The van der Waals surface area contributed by atoms with Gasteiger partial charge in [0.2, 0.25) is 0 Å². The number of aliphatic hydroxyl groups excluding tert-OH is 1. The standard InChI is InChI=1S/C15H16O3/c1-11-4-3-5-15(10-11)18-14-8-6-13(7-9-14)17-12(2)16/h3-10,12,16H,1-2H3. The van der Waals surface area contributed by atoms with Crippen LogP contribution in [0.4, 0.5) is 0 Å². The van der Waals surface area contributed by atoms with E-state index in [1.165, 1.54) is 0 Å². The summed E-state index contributed by atoms with van der Waals surface area (Å²) >= 11 is 0. The number of rotatable bonds is 4. The van der Waals surface area contributed by atoms with Gasteiger partial charge in [-0.1, -0.05) is 12.1 Å². The highest BCUT2D eigenvalue weighted by Crippen LogP contribution is 2.24. The maximum atomic E-state index is 9.09. The second-order valence-electron chi connectivity index (χ2n) is 4.11. The zero-order valence-corrected chi connectivity index (χ0v) is 10.5. The van der Waals surface area contributed by atoms with Crippen molar-refractivity contribution in [3.05, 3.63) is 54.1 Å². The molecule has 2 aromatic rings. The van der Waals surface area contributed by atoms with E-state index in [4.69, 9.17) is 14.6 Å². The first-order chi connectivity index (χ1) is 8.63. The molecule has 0 saturated carbocycles. The minimum atomic E-state index is -0.812. The molecule has 3 nitrogen and oxygen atoms in total. The Balaban J connectivity index is 2.06. The van der Waals surface area contributed by atoms with Crippen LogP contribution in [0.1, 0.15) is 12.5 Å². The van der Waals surface area contributed by atoms with E-state index in [-0.39, 0.29) is 0 Å². The van der Waals surface area contributed by atoms with E-state index >= 15 is 0 Å². The lowest BCUT2D eigenvalue weighted by Gasteiger charge is -2.10. The molecule has 0 aliphatic heterocycles. The number of hydrogen-bond acceptors (Lipinski definition) is 3. The summed E-state index contributed by atoms with van der Waals surface area (Å²) in [4.78, 5) is 0. The largest absolute Gasteiger partial charge is 0.465 e. The van der Waals surface area contributed by atoms with Crippen LogP contribution in [0.25, 0.3) is 0 Å². The summed E-state index contributed by atoms with van der Waals surface area (Å²) < 4.78 is 10.8. The molecule has 0 spiro atoms. The molecule has 0 radical (unpaired) electrons. The van der Waals surface area contributed by atoms with Gasteiger partial charge in [0.1, 0.15) is 17.2 Å². The molecule has 0 aliphatic carbocycles. The van der Waals surface area contributed by atoms with Crippen molar-refractivity contribution in [2.75, 3.05) is 0 Å². The Kier molecular flexibility index (Phi) is 3.85. The van der Waals surface area contributed by atoms with Gasteiger partial charge in [-0.2, -0.15) is 0 Å². The number of aryl methyl sites for hydroxylation is 1. The van der Waals surface area contributed by atoms with Crippen molar-refractivity contribution >= 4 is 0 Å². The predicted octanol–water partition coefficient (Wildman–Crippen LogP) is 3.50. The van der Waals surface area contributed by atoms with Crippen LogP contribution in [-0.4, -0.2) is 11.4 Å². The number of aliphatic hydroxyl groups is 1. The third kappa shape index (κ3) is 3.50. The van der Waals surface area contributed by atoms with Gasteiger partial charge in [0, 0.05) is 0 Å². The van der Waals surface area contributed by atoms with Gasteiger partial charge in [0.15, 0.2) is 6.29 Å². The second kappa shape index (κ2) is 5.56. The molecule has 0 bridgehead atoms. The van der Waals surface area contributed by atoms with E-state index in [2.05, 4.69) is 0 Å². The van der Waals surface area contributed by atoms with Crippen LogP contribution in [0.3, 0.4) is 0 Å². The van der Waals surface area contributed by atoms with Crippen LogP contribution < -0.4 is 9.47 Å². The molecule has 2 rings (SSSR count). The summed E-state index contributed by atoms with van der Waals surface area (Å²) in [6, 6.07) is 15.0. The first kappa shape index (κ1) is 12.5. The molecule has 0 heterocycles. The summed E-state index contributed by atoms with van der Waals surface area (Å²) in [5.41, 5.74) is 1.15. The molecular weight excluding hydrogens is 228 g/mol. The summed E-state index contributed by atoms with van der Waals surface area (Å²) in [6.45, 7) is 3.59. The quantitative estimate of drug-likeness (QED) is 0.836. The molecule has 94 valence electrons. The van der Waals surface area contributed by atoms with Gasteiger partial charge in [0.25, 0.3) is 0 Å². The fourth-order valence-corrected chi connectivity index (χ4v) is 1.60. The van der Waals surface area contributed by atoms with Gasteiger partial charge >= 0.3 is 0 Å². The Hall–Kier alpha value is -2.00. The van der Waals surface area contributed by atoms with Gasteiger partial charge in [-0.15, -0.1) is 0 Å². The molecule has 1 unspecified atom stereocenters. The van der Waals surface area contributed by atoms with Gasteiger partial charge in [-0.05, 0) is 55.8 Å². The fourth-order valence-electron chi connectivity index (χ4n) is 1.60. The van der Waals surface area contributed by atoms with Crippen molar-refractivity contribution in [3.8, 4) is 17.2 Å². The van der Waals surface area contributed by atoms with Crippen molar-refractivity contribution in [3.63, 3.8) is 0 Å². The van der Waals surface area contributed by atoms with Crippen LogP contribution in [0.15, 0.2) is 48.5 Å². The van der Waals surface area contributed by atoms with E-state index in [9.17, 15) is 0 Å². The maximum Gasteiger partial charge on any atom is 0.194 e. The molecule has 1 N–H and O–H groups in total. The highest BCUT2D eigenvalue weighted by molar-refractivity contribution is 5.36. The Morgan fingerprint density at radius 1 is 0.944 bits per heavy atom. The van der Waals surface area contributed by atoms with E-state index < -0.39 is 6.29 Å². The average molecular weight is 244 g/mol. The molecule has 0 saturated heterocycles. The van der Waals surface area contributed by atoms with E-state index in [0.29, 0.717) is 5.75 Å². The Bertz CT molecular complexity index is 503. The zero-order chi connectivity index (χ0) is 13.0. The summed E-state index contributed by atoms with van der Waals surface area (Å²) in [5, 5.41) is 9.09. The van der Waals surface area contributed by atoms with Crippen LogP contribution in [0, 0.1) is 6.92 Å². The lowest BCUT2D eigenvalue weighted by Crippen LogP contribution is -2.09. The second-order valence-corrected chi connectivity index (χ2v) is 4.11. The molecule has 1 atom stereocenters. The fraction of sp³-hybridized carbons (Fsp3) is 0.200. The van der Waals surface area contributed by atoms with Crippen LogP contribution >= 0.6 is 0 Å². The lowest BCUT2D eigenvalue weighted by atomic mass is 10.2. The number of ether oxygens (including phenoxy) is 2. The van der Waals surface area contributed by atoms with Crippen molar-refractivity contribution in [1.82, 2.24) is 0 Å². The van der Waals surface area contributed by atoms with E-state index in [0.717, 1.165) is 17.1 Å². The van der Waals surface area contributed by atoms with Gasteiger partial charge in [-0.25, -0.2) is 0 Å². The molecule has 3 heteroatoms. The SMILES string of the molecule is Cc1cccc(Oc2ccc(OC(C)O)cc2)c1. The molecule has 0 aromatic heterocycles. The maximum absolute atomic E-state index is 9.09. The van der Waals surface area contributed by atoms with E-state index in [1.54, 1.807) is 31.2 Å². The van der Waals surface area contributed by atoms with Crippen LogP contribution in [0.5, 0.6) is 17.2 Å².